The lowest BCUT2D eigenvalue weighted by molar-refractivity contribution is -0.121. The number of nitrogens with one attached hydrogen (secondary N) is 1. The topological polar surface area (TPSA) is 77.2 Å². The molecule has 1 aromatic heterocycles. The molecule has 3 aromatic rings. The van der Waals surface area contributed by atoms with Gasteiger partial charge in [-0.05, 0) is 44.2 Å². The summed E-state index contributed by atoms with van der Waals surface area (Å²) in [5.74, 6) is 1.00. The van der Waals surface area contributed by atoms with Crippen LogP contribution in [0.4, 0.5) is 4.39 Å². The van der Waals surface area contributed by atoms with Crippen molar-refractivity contribution in [1.29, 1.82) is 0 Å². The van der Waals surface area contributed by atoms with E-state index < -0.39 is 0 Å². The summed E-state index contributed by atoms with van der Waals surface area (Å²) in [6.45, 7) is 3.90. The Labute approximate surface area is 162 Å². The van der Waals surface area contributed by atoms with Crippen molar-refractivity contribution in [2.45, 2.75) is 32.7 Å². The molecule has 3 rings (SSSR count). The van der Waals surface area contributed by atoms with Crippen LogP contribution in [0.15, 0.2) is 47.0 Å². The summed E-state index contributed by atoms with van der Waals surface area (Å²) in [4.78, 5) is 16.6. The molecule has 0 radical (unpaired) electrons. The summed E-state index contributed by atoms with van der Waals surface area (Å²) in [5.41, 5.74) is 2.67. The molecule has 0 bridgehead atoms. The number of benzene rings is 2. The fourth-order valence-corrected chi connectivity index (χ4v) is 2.88. The standard InChI is InChI=1S/C21H22FN3O3/c1-13-4-9-18(27-3)17(12-13)14(2)23-19(26)10-11-20-24-21(25-28-20)15-5-7-16(22)8-6-15/h4-9,12,14H,10-11H2,1-3H3,(H,23,26)/t14-/m0/s1. The van der Waals surface area contributed by atoms with Gasteiger partial charge in [-0.1, -0.05) is 22.9 Å². The van der Waals surface area contributed by atoms with E-state index in [1.54, 1.807) is 19.2 Å². The molecule has 1 amide bonds. The van der Waals surface area contributed by atoms with E-state index in [9.17, 15) is 9.18 Å². The second-order valence-corrected chi connectivity index (χ2v) is 6.55. The van der Waals surface area contributed by atoms with Crippen molar-refractivity contribution in [3.05, 3.63) is 65.3 Å². The summed E-state index contributed by atoms with van der Waals surface area (Å²) in [7, 11) is 1.61. The van der Waals surface area contributed by atoms with Gasteiger partial charge in [0.25, 0.3) is 0 Å². The number of aryl methyl sites for hydroxylation is 2. The van der Waals surface area contributed by atoms with Gasteiger partial charge in [0, 0.05) is 24.0 Å². The third-order valence-corrected chi connectivity index (χ3v) is 4.37. The molecule has 1 atom stereocenters. The number of carbonyl (C=O) groups is 1. The smallest absolute Gasteiger partial charge is 0.227 e. The molecule has 146 valence electrons. The molecule has 0 saturated heterocycles. The third kappa shape index (κ3) is 4.73. The highest BCUT2D eigenvalue weighted by Gasteiger charge is 2.16. The molecule has 0 spiro atoms. The van der Waals surface area contributed by atoms with E-state index in [1.165, 1.54) is 12.1 Å². The molecule has 0 aliphatic heterocycles. The van der Waals surface area contributed by atoms with Crippen LogP contribution in [0.1, 0.15) is 36.4 Å². The molecular weight excluding hydrogens is 361 g/mol. The van der Waals surface area contributed by atoms with Gasteiger partial charge in [0.1, 0.15) is 11.6 Å². The number of halogens is 1. The first-order valence-corrected chi connectivity index (χ1v) is 8.98. The zero-order chi connectivity index (χ0) is 20.1. The molecule has 1 N–H and O–H groups in total. The van der Waals surface area contributed by atoms with Gasteiger partial charge in [0.05, 0.1) is 13.2 Å². The minimum absolute atomic E-state index is 0.127. The molecule has 2 aromatic carbocycles. The zero-order valence-corrected chi connectivity index (χ0v) is 16.0. The molecule has 0 fully saturated rings. The maximum Gasteiger partial charge on any atom is 0.227 e. The predicted octanol–water partition coefficient (Wildman–Crippen LogP) is 4.00. The molecule has 7 heteroatoms. The highest BCUT2D eigenvalue weighted by Crippen LogP contribution is 2.26. The van der Waals surface area contributed by atoms with E-state index in [0.29, 0.717) is 23.7 Å². The quantitative estimate of drug-likeness (QED) is 0.667. The maximum absolute atomic E-state index is 13.0. The minimum Gasteiger partial charge on any atom is -0.496 e. The van der Waals surface area contributed by atoms with E-state index in [-0.39, 0.29) is 24.2 Å². The van der Waals surface area contributed by atoms with E-state index in [4.69, 9.17) is 9.26 Å². The van der Waals surface area contributed by atoms with Gasteiger partial charge in [-0.3, -0.25) is 4.79 Å². The number of hydrogen-bond acceptors (Lipinski definition) is 5. The van der Waals surface area contributed by atoms with Gasteiger partial charge in [-0.25, -0.2) is 4.39 Å². The number of nitrogens with zero attached hydrogens (tertiary/aromatic N) is 2. The molecule has 1 heterocycles. The summed E-state index contributed by atoms with van der Waals surface area (Å²) < 4.78 is 23.6. The number of carbonyl (C=O) groups excluding carboxylic acids is 1. The largest absolute Gasteiger partial charge is 0.496 e. The van der Waals surface area contributed by atoms with Gasteiger partial charge >= 0.3 is 0 Å². The number of aromatic nitrogens is 2. The lowest BCUT2D eigenvalue weighted by Crippen LogP contribution is -2.27. The Morgan fingerprint density at radius 3 is 2.71 bits per heavy atom. The molecule has 0 aliphatic rings. The Hall–Kier alpha value is -3.22. The van der Waals surface area contributed by atoms with E-state index in [1.807, 2.05) is 32.0 Å². The van der Waals surface area contributed by atoms with E-state index in [2.05, 4.69) is 15.5 Å². The fourth-order valence-electron chi connectivity index (χ4n) is 2.88. The van der Waals surface area contributed by atoms with Gasteiger partial charge < -0.3 is 14.6 Å². The van der Waals surface area contributed by atoms with Crippen LogP contribution in [0.5, 0.6) is 5.75 Å². The van der Waals surface area contributed by atoms with Gasteiger partial charge in [0.15, 0.2) is 0 Å². The third-order valence-electron chi connectivity index (χ3n) is 4.37. The van der Waals surface area contributed by atoms with Crippen LogP contribution in [0.2, 0.25) is 0 Å². The normalized spacial score (nSPS) is 11.9. The SMILES string of the molecule is COc1ccc(C)cc1[C@H](C)NC(=O)CCc1nc(-c2ccc(F)cc2)no1. The first-order valence-electron chi connectivity index (χ1n) is 8.98. The minimum atomic E-state index is -0.330. The second kappa shape index (κ2) is 8.65. The first-order chi connectivity index (χ1) is 13.5. The van der Waals surface area contributed by atoms with Gasteiger partial charge in [-0.2, -0.15) is 4.98 Å². The fraction of sp³-hybridized carbons (Fsp3) is 0.286. The number of rotatable bonds is 7. The Kier molecular flexibility index (Phi) is 6.03. The van der Waals surface area contributed by atoms with Crippen molar-refractivity contribution in [1.82, 2.24) is 15.5 Å². The predicted molar refractivity (Wildman–Crippen MR) is 102 cm³/mol. The maximum atomic E-state index is 13.0. The number of methoxy groups -OCH3 is 1. The first kappa shape index (κ1) is 19.5. The van der Waals surface area contributed by atoms with Crippen molar-refractivity contribution >= 4 is 5.91 Å². The Morgan fingerprint density at radius 1 is 1.25 bits per heavy atom. The van der Waals surface area contributed by atoms with Gasteiger partial charge in [0.2, 0.25) is 17.6 Å². The summed E-state index contributed by atoms with van der Waals surface area (Å²) in [6.07, 6.45) is 0.529. The Balaban J connectivity index is 1.57. The second-order valence-electron chi connectivity index (χ2n) is 6.55. The van der Waals surface area contributed by atoms with Crippen molar-refractivity contribution in [2.24, 2.45) is 0 Å². The van der Waals surface area contributed by atoms with E-state index >= 15 is 0 Å². The average molecular weight is 383 g/mol. The van der Waals surface area contributed by atoms with Crippen LogP contribution < -0.4 is 10.1 Å². The summed E-state index contributed by atoms with van der Waals surface area (Å²) in [6, 6.07) is 11.5. The zero-order valence-electron chi connectivity index (χ0n) is 16.0. The highest BCUT2D eigenvalue weighted by atomic mass is 19.1. The molecule has 6 nitrogen and oxygen atoms in total. The van der Waals surface area contributed by atoms with Crippen molar-refractivity contribution in [3.63, 3.8) is 0 Å². The lowest BCUT2D eigenvalue weighted by Gasteiger charge is -2.17. The van der Waals surface area contributed by atoms with Crippen LogP contribution in [-0.4, -0.2) is 23.2 Å². The number of ether oxygens (including phenoxy) is 1. The van der Waals surface area contributed by atoms with Crippen LogP contribution in [0.3, 0.4) is 0 Å². The van der Waals surface area contributed by atoms with Crippen LogP contribution in [0.25, 0.3) is 11.4 Å². The van der Waals surface area contributed by atoms with Gasteiger partial charge in [-0.15, -0.1) is 0 Å². The molecule has 0 unspecified atom stereocenters. The molecule has 28 heavy (non-hydrogen) atoms. The number of amides is 1. The van der Waals surface area contributed by atoms with Crippen LogP contribution in [0, 0.1) is 12.7 Å². The van der Waals surface area contributed by atoms with Crippen LogP contribution in [-0.2, 0) is 11.2 Å². The molecular formula is C21H22FN3O3. The van der Waals surface area contributed by atoms with Crippen molar-refractivity contribution in [2.75, 3.05) is 7.11 Å². The highest BCUT2D eigenvalue weighted by molar-refractivity contribution is 5.76. The van der Waals surface area contributed by atoms with E-state index in [0.717, 1.165) is 16.9 Å². The average Bonchev–Trinajstić information content (AvgIpc) is 3.16. The number of hydrogen-bond donors (Lipinski definition) is 1. The summed E-state index contributed by atoms with van der Waals surface area (Å²) >= 11 is 0. The molecule has 0 aliphatic carbocycles. The summed E-state index contributed by atoms with van der Waals surface area (Å²) in [5, 5.41) is 6.84. The monoisotopic (exact) mass is 383 g/mol. The van der Waals surface area contributed by atoms with Crippen molar-refractivity contribution < 1.29 is 18.4 Å². The Bertz CT molecular complexity index is 954. The van der Waals surface area contributed by atoms with Crippen LogP contribution >= 0.6 is 0 Å². The lowest BCUT2D eigenvalue weighted by atomic mass is 10.0. The Morgan fingerprint density at radius 2 is 2.00 bits per heavy atom. The molecule has 0 saturated carbocycles. The van der Waals surface area contributed by atoms with Crippen molar-refractivity contribution in [3.8, 4) is 17.1 Å².